The number of nitrogens with zero attached hydrogens (tertiary/aromatic N) is 2. The van der Waals surface area contributed by atoms with Crippen molar-refractivity contribution in [3.63, 3.8) is 0 Å². The van der Waals surface area contributed by atoms with E-state index < -0.39 is 21.7 Å². The molecule has 0 bridgehead atoms. The van der Waals surface area contributed by atoms with Crippen molar-refractivity contribution in [2.45, 2.75) is 63.0 Å². The molecule has 2 aliphatic carbocycles. The maximum absolute atomic E-state index is 12.7. The highest BCUT2D eigenvalue weighted by Crippen LogP contribution is 2.44. The van der Waals surface area contributed by atoms with Gasteiger partial charge in [-0.15, -0.1) is 0 Å². The summed E-state index contributed by atoms with van der Waals surface area (Å²) in [5, 5.41) is 16.6. The number of anilines is 1. The first-order valence-corrected chi connectivity index (χ1v) is 12.2. The van der Waals surface area contributed by atoms with Crippen molar-refractivity contribution < 1.29 is 18.3 Å². The summed E-state index contributed by atoms with van der Waals surface area (Å²) in [4.78, 5) is 12.7. The summed E-state index contributed by atoms with van der Waals surface area (Å²) in [7, 11) is -2.65. The molecule has 1 aromatic heterocycles. The van der Waals surface area contributed by atoms with Crippen LogP contribution < -0.4 is 10.0 Å². The van der Waals surface area contributed by atoms with Crippen LogP contribution in [0, 0.1) is 0 Å². The zero-order valence-corrected chi connectivity index (χ0v) is 19.6. The Bertz CT molecular complexity index is 1110. The smallest absolute Gasteiger partial charge is 0.333 e. The Hall–Kier alpha value is -1.91. The van der Waals surface area contributed by atoms with Gasteiger partial charge in [-0.05, 0) is 74.6 Å². The summed E-state index contributed by atoms with van der Waals surface area (Å²) in [6.07, 6.45) is 5.65. The normalized spacial score (nSPS) is 15.8. The fourth-order valence-electron chi connectivity index (χ4n) is 4.50. The lowest BCUT2D eigenvalue weighted by molar-refractivity contribution is 0.0695. The third-order valence-corrected chi connectivity index (χ3v) is 7.96. The number of carbonyl (C=O) groups is 1. The highest BCUT2D eigenvalue weighted by Gasteiger charge is 2.31. The number of hydrogen-bond donors (Lipinski definition) is 3. The molecule has 3 N–H and O–H groups in total. The fourth-order valence-corrected chi connectivity index (χ4v) is 6.27. The highest BCUT2D eigenvalue weighted by molar-refractivity contribution is 9.10. The van der Waals surface area contributed by atoms with Gasteiger partial charge in [-0.25, -0.2) is 9.52 Å². The van der Waals surface area contributed by atoms with E-state index in [9.17, 15) is 18.3 Å². The molecule has 162 valence electrons. The number of aliphatic hydroxyl groups is 1. The van der Waals surface area contributed by atoms with Crippen LogP contribution in [-0.2, 0) is 48.4 Å². The van der Waals surface area contributed by atoms with Crippen LogP contribution >= 0.6 is 15.9 Å². The number of sulfonamides is 1. The Morgan fingerprint density at radius 2 is 1.67 bits per heavy atom. The van der Waals surface area contributed by atoms with Crippen molar-refractivity contribution in [3.8, 4) is 0 Å². The van der Waals surface area contributed by atoms with Gasteiger partial charge in [-0.1, -0.05) is 15.9 Å². The third-order valence-electron chi connectivity index (χ3n) is 5.79. The summed E-state index contributed by atoms with van der Waals surface area (Å²) in [6, 6.07) is 0.459. The van der Waals surface area contributed by atoms with Crippen molar-refractivity contribution in [3.05, 3.63) is 38.5 Å². The Morgan fingerprint density at radius 3 is 2.17 bits per heavy atom. The Kier molecular flexibility index (Phi) is 5.22. The van der Waals surface area contributed by atoms with Crippen LogP contribution in [0.1, 0.15) is 54.6 Å². The van der Waals surface area contributed by atoms with Gasteiger partial charge in [0.25, 0.3) is 10.0 Å². The van der Waals surface area contributed by atoms with Crippen molar-refractivity contribution >= 4 is 37.7 Å². The van der Waals surface area contributed by atoms with Crippen molar-refractivity contribution in [2.75, 3.05) is 5.32 Å². The van der Waals surface area contributed by atoms with Crippen LogP contribution in [0.2, 0.25) is 0 Å². The van der Waals surface area contributed by atoms with Crippen LogP contribution in [0.5, 0.6) is 0 Å². The van der Waals surface area contributed by atoms with E-state index >= 15 is 0 Å². The van der Waals surface area contributed by atoms with Gasteiger partial charge < -0.3 is 10.4 Å². The number of aromatic nitrogens is 2. The number of benzene rings is 1. The van der Waals surface area contributed by atoms with E-state index in [-0.39, 0.29) is 5.03 Å². The minimum Gasteiger partial charge on any atom is -0.384 e. The maximum atomic E-state index is 12.7. The lowest BCUT2D eigenvalue weighted by atomic mass is 9.99. The number of carbonyl (C=O) groups excluding carboxylic acids is 1. The summed E-state index contributed by atoms with van der Waals surface area (Å²) in [6.45, 7) is 3.07. The van der Waals surface area contributed by atoms with Gasteiger partial charge in [0.15, 0.2) is 5.03 Å². The van der Waals surface area contributed by atoms with Crippen molar-refractivity contribution in [1.29, 1.82) is 0 Å². The monoisotopic (exact) mass is 496 g/mol. The molecule has 2 amide bonds. The van der Waals surface area contributed by atoms with Gasteiger partial charge in [-0.2, -0.15) is 13.5 Å². The molecule has 0 unspecified atom stereocenters. The molecule has 1 heterocycles. The Balaban J connectivity index is 1.61. The van der Waals surface area contributed by atoms with Gasteiger partial charge in [0.05, 0.1) is 5.69 Å². The molecule has 2 aliphatic rings. The molecule has 2 aromatic rings. The maximum Gasteiger partial charge on any atom is 0.333 e. The van der Waals surface area contributed by atoms with E-state index in [1.165, 1.54) is 35.7 Å². The second-order valence-corrected chi connectivity index (χ2v) is 10.8. The van der Waals surface area contributed by atoms with E-state index in [1.54, 1.807) is 7.05 Å². The molecule has 0 saturated carbocycles. The predicted octanol–water partition coefficient (Wildman–Crippen LogP) is 2.90. The van der Waals surface area contributed by atoms with Gasteiger partial charge in [0.2, 0.25) is 0 Å². The minimum absolute atomic E-state index is 0.316. The van der Waals surface area contributed by atoms with Gasteiger partial charge in [-0.3, -0.25) is 4.68 Å². The van der Waals surface area contributed by atoms with Crippen molar-refractivity contribution in [1.82, 2.24) is 14.5 Å². The number of urea groups is 1. The van der Waals surface area contributed by atoms with Crippen LogP contribution in [0.25, 0.3) is 0 Å². The number of nitrogens with one attached hydrogen (secondary N) is 2. The molecule has 0 fully saturated rings. The van der Waals surface area contributed by atoms with Gasteiger partial charge in [0.1, 0.15) is 5.60 Å². The number of fused-ring (bicyclic) bond motifs is 2. The van der Waals surface area contributed by atoms with E-state index in [0.29, 0.717) is 5.69 Å². The highest BCUT2D eigenvalue weighted by atomic mass is 79.9. The molecule has 0 atom stereocenters. The average Bonchev–Trinajstić information content (AvgIpc) is 3.36. The van der Waals surface area contributed by atoms with Gasteiger partial charge >= 0.3 is 6.03 Å². The first kappa shape index (κ1) is 21.3. The average molecular weight is 497 g/mol. The fraction of sp³-hybridized carbons (Fsp3) is 0.500. The lowest BCUT2D eigenvalue weighted by Crippen LogP contribution is -2.35. The van der Waals surface area contributed by atoms with Crippen LogP contribution in [-0.4, -0.2) is 29.3 Å². The first-order chi connectivity index (χ1) is 14.0. The molecule has 0 spiro atoms. The predicted molar refractivity (Wildman–Crippen MR) is 116 cm³/mol. The standard InChI is InChI=1S/C20H25BrN4O4S/c1-20(2,27)15-10-16(23-25(15)3)30(28,29)24-19(26)22-18-13-8-4-6-11(13)17(21)12-7-5-9-14(12)18/h10,27H,4-9H2,1-3H3,(H2,22,24,26). The quantitative estimate of drug-likeness (QED) is 0.601. The Morgan fingerprint density at radius 1 is 1.13 bits per heavy atom. The molecule has 0 aliphatic heterocycles. The first-order valence-electron chi connectivity index (χ1n) is 9.94. The molecule has 4 rings (SSSR count). The van der Waals surface area contributed by atoms with Crippen molar-refractivity contribution in [2.24, 2.45) is 7.05 Å². The van der Waals surface area contributed by atoms with Crippen LogP contribution in [0.3, 0.4) is 0 Å². The lowest BCUT2D eigenvalue weighted by Gasteiger charge is -2.18. The van der Waals surface area contributed by atoms with E-state index in [2.05, 4.69) is 31.1 Å². The van der Waals surface area contributed by atoms with Gasteiger partial charge in [0, 0.05) is 23.3 Å². The molecule has 0 radical (unpaired) electrons. The molecule has 30 heavy (non-hydrogen) atoms. The van der Waals surface area contributed by atoms with E-state index in [0.717, 1.165) is 59.8 Å². The summed E-state index contributed by atoms with van der Waals surface area (Å²) in [5.74, 6) is 0. The number of hydrogen-bond acceptors (Lipinski definition) is 5. The SMILES string of the molecule is Cn1nc(S(=O)(=O)NC(=O)Nc2c3c(c(Br)c4c2CCC4)CCC3)cc1C(C)(C)O. The van der Waals surface area contributed by atoms with Crippen LogP contribution in [0.15, 0.2) is 15.6 Å². The molecule has 0 saturated heterocycles. The molecule has 8 nitrogen and oxygen atoms in total. The van der Waals surface area contributed by atoms with E-state index in [1.807, 2.05) is 0 Å². The zero-order valence-electron chi connectivity index (χ0n) is 17.2. The number of halogens is 1. The Labute approximate surface area is 184 Å². The molecule has 1 aromatic carbocycles. The minimum atomic E-state index is -4.19. The summed E-state index contributed by atoms with van der Waals surface area (Å²) in [5.41, 5.74) is 4.43. The largest absolute Gasteiger partial charge is 0.384 e. The summed E-state index contributed by atoms with van der Waals surface area (Å²) >= 11 is 3.73. The topological polar surface area (TPSA) is 113 Å². The number of rotatable bonds is 4. The number of amides is 2. The van der Waals surface area contributed by atoms with E-state index in [4.69, 9.17) is 0 Å². The second kappa shape index (κ2) is 7.35. The zero-order chi connectivity index (χ0) is 21.8. The molecule has 10 heteroatoms. The molecular formula is C20H25BrN4O4S. The molecular weight excluding hydrogens is 472 g/mol. The second-order valence-electron chi connectivity index (χ2n) is 8.42. The van der Waals surface area contributed by atoms with Crippen LogP contribution in [0.4, 0.5) is 10.5 Å². The third kappa shape index (κ3) is 3.65. The summed E-state index contributed by atoms with van der Waals surface area (Å²) < 4.78 is 29.9. The number of aryl methyl sites for hydroxylation is 1.